The fourth-order valence-corrected chi connectivity index (χ4v) is 7.22. The summed E-state index contributed by atoms with van der Waals surface area (Å²) in [5.41, 5.74) is 1.85. The fourth-order valence-electron chi connectivity index (χ4n) is 7.22. The third kappa shape index (κ3) is 1.74. The highest BCUT2D eigenvalue weighted by molar-refractivity contribution is 5.22. The molecule has 0 heterocycles. The predicted molar refractivity (Wildman–Crippen MR) is 88.3 cm³/mol. The van der Waals surface area contributed by atoms with Gasteiger partial charge in [-0.25, -0.2) is 0 Å². The first-order chi connectivity index (χ1) is 10.4. The number of rotatable bonds is 0. The number of allylic oxidation sites excluding steroid dienone is 1. The lowest BCUT2D eigenvalue weighted by Gasteiger charge is -2.62. The Labute approximate surface area is 135 Å². The Morgan fingerprint density at radius 1 is 0.909 bits per heavy atom. The molecule has 0 amide bonds. The molecule has 0 aromatic heterocycles. The molecule has 2 heteroatoms. The summed E-state index contributed by atoms with van der Waals surface area (Å²) in [7, 11) is 0. The second kappa shape index (κ2) is 4.83. The van der Waals surface area contributed by atoms with Gasteiger partial charge in [-0.3, -0.25) is 0 Å². The lowest BCUT2D eigenvalue weighted by molar-refractivity contribution is -0.209. The topological polar surface area (TPSA) is 40.5 Å². The van der Waals surface area contributed by atoms with Crippen molar-refractivity contribution in [3.63, 3.8) is 0 Å². The molecule has 22 heavy (non-hydrogen) atoms. The maximum absolute atomic E-state index is 11.0. The van der Waals surface area contributed by atoms with Gasteiger partial charge in [-0.2, -0.15) is 0 Å². The molecule has 8 atom stereocenters. The molecule has 0 spiro atoms. The van der Waals surface area contributed by atoms with E-state index in [-0.39, 0.29) is 16.7 Å². The fraction of sp³-hybridized carbons (Fsp3) is 0.900. The maximum Gasteiger partial charge on any atom is 0.0835 e. The Balaban J connectivity index is 1.74. The summed E-state index contributed by atoms with van der Waals surface area (Å²) in [5.74, 6) is 1.72. The molecule has 0 aromatic rings. The van der Waals surface area contributed by atoms with Crippen LogP contribution in [-0.4, -0.2) is 22.4 Å². The Bertz CT molecular complexity index is 486. The first-order valence-corrected chi connectivity index (χ1v) is 9.44. The van der Waals surface area contributed by atoms with Gasteiger partial charge >= 0.3 is 0 Å². The molecule has 0 bridgehead atoms. The minimum absolute atomic E-state index is 0.208. The molecule has 2 nitrogen and oxygen atoms in total. The van der Waals surface area contributed by atoms with Gasteiger partial charge in [0, 0.05) is 0 Å². The van der Waals surface area contributed by atoms with Crippen LogP contribution in [0.4, 0.5) is 0 Å². The maximum atomic E-state index is 11.0. The third-order valence-electron chi connectivity index (χ3n) is 8.62. The van der Waals surface area contributed by atoms with Crippen LogP contribution in [0, 0.1) is 34.5 Å². The molecule has 2 N–H and O–H groups in total. The number of hydrogen-bond donors (Lipinski definition) is 2. The highest BCUT2D eigenvalue weighted by atomic mass is 16.3. The van der Waals surface area contributed by atoms with Gasteiger partial charge in [-0.1, -0.05) is 38.8 Å². The SMILES string of the molecule is C=C1CCC2C3C(CCC12C)[C@@]1(C)CCCCC1[C@@H](O)[C@@H]3O. The molecule has 0 aliphatic heterocycles. The molecule has 4 aliphatic carbocycles. The molecule has 0 saturated heterocycles. The number of fused-ring (bicyclic) bond motifs is 5. The van der Waals surface area contributed by atoms with E-state index in [1.807, 2.05) is 0 Å². The van der Waals surface area contributed by atoms with Gasteiger partial charge < -0.3 is 10.2 Å². The van der Waals surface area contributed by atoms with Gasteiger partial charge in [0.15, 0.2) is 0 Å². The van der Waals surface area contributed by atoms with E-state index in [1.165, 1.54) is 44.1 Å². The Hall–Kier alpha value is -0.340. The molecule has 0 aromatic carbocycles. The Morgan fingerprint density at radius 2 is 1.68 bits per heavy atom. The average Bonchev–Trinajstić information content (AvgIpc) is 2.80. The molecule has 4 aliphatic rings. The van der Waals surface area contributed by atoms with Gasteiger partial charge in [0.2, 0.25) is 0 Å². The average molecular weight is 304 g/mol. The number of aliphatic hydroxyl groups excluding tert-OH is 2. The van der Waals surface area contributed by atoms with Crippen LogP contribution in [0.5, 0.6) is 0 Å². The van der Waals surface area contributed by atoms with Crippen molar-refractivity contribution < 1.29 is 10.2 Å². The molecule has 4 fully saturated rings. The van der Waals surface area contributed by atoms with E-state index in [0.717, 1.165) is 12.8 Å². The van der Waals surface area contributed by atoms with Gasteiger partial charge in [-0.05, 0) is 73.0 Å². The minimum atomic E-state index is -0.517. The first kappa shape index (κ1) is 15.2. The zero-order valence-corrected chi connectivity index (χ0v) is 14.2. The lowest BCUT2D eigenvalue weighted by atomic mass is 9.44. The molecule has 4 rings (SSSR count). The Kier molecular flexibility index (Phi) is 3.34. The van der Waals surface area contributed by atoms with Gasteiger partial charge in [0.05, 0.1) is 12.2 Å². The van der Waals surface area contributed by atoms with Crippen molar-refractivity contribution in [2.75, 3.05) is 0 Å². The van der Waals surface area contributed by atoms with Crippen LogP contribution in [0.15, 0.2) is 12.2 Å². The first-order valence-electron chi connectivity index (χ1n) is 9.44. The van der Waals surface area contributed by atoms with Crippen LogP contribution < -0.4 is 0 Å². The molecule has 5 unspecified atom stereocenters. The van der Waals surface area contributed by atoms with Crippen molar-refractivity contribution in [3.8, 4) is 0 Å². The van der Waals surface area contributed by atoms with Crippen LogP contribution in [0.2, 0.25) is 0 Å². The third-order valence-corrected chi connectivity index (χ3v) is 8.62. The van der Waals surface area contributed by atoms with Crippen molar-refractivity contribution in [2.24, 2.45) is 34.5 Å². The summed E-state index contributed by atoms with van der Waals surface area (Å²) in [6.07, 6.45) is 8.58. The highest BCUT2D eigenvalue weighted by Gasteiger charge is 2.63. The second-order valence-corrected chi connectivity index (χ2v) is 9.23. The summed E-state index contributed by atoms with van der Waals surface area (Å²) in [4.78, 5) is 0. The predicted octanol–water partition coefficient (Wildman–Crippen LogP) is 3.92. The van der Waals surface area contributed by atoms with Crippen LogP contribution in [0.25, 0.3) is 0 Å². The van der Waals surface area contributed by atoms with Crippen molar-refractivity contribution in [1.29, 1.82) is 0 Å². The van der Waals surface area contributed by atoms with Crippen LogP contribution in [0.1, 0.15) is 65.2 Å². The van der Waals surface area contributed by atoms with Crippen molar-refractivity contribution in [2.45, 2.75) is 77.4 Å². The van der Waals surface area contributed by atoms with E-state index in [9.17, 15) is 10.2 Å². The number of hydrogen-bond acceptors (Lipinski definition) is 2. The second-order valence-electron chi connectivity index (χ2n) is 9.23. The monoisotopic (exact) mass is 304 g/mol. The summed E-state index contributed by atoms with van der Waals surface area (Å²) in [5, 5.41) is 21.9. The van der Waals surface area contributed by atoms with E-state index in [1.54, 1.807) is 0 Å². The van der Waals surface area contributed by atoms with Gasteiger partial charge in [0.1, 0.15) is 0 Å². The molecular formula is C20H32O2. The summed E-state index contributed by atoms with van der Waals surface area (Å²) in [6.45, 7) is 9.15. The van der Waals surface area contributed by atoms with Crippen molar-refractivity contribution >= 4 is 0 Å². The molecule has 0 radical (unpaired) electrons. The van der Waals surface area contributed by atoms with E-state index >= 15 is 0 Å². The summed E-state index contributed by atoms with van der Waals surface area (Å²) < 4.78 is 0. The minimum Gasteiger partial charge on any atom is -0.390 e. The quantitative estimate of drug-likeness (QED) is 0.666. The zero-order chi connectivity index (χ0) is 15.7. The molecule has 124 valence electrons. The highest BCUT2D eigenvalue weighted by Crippen LogP contribution is 2.67. The van der Waals surface area contributed by atoms with E-state index in [2.05, 4.69) is 20.4 Å². The van der Waals surface area contributed by atoms with Gasteiger partial charge in [0.25, 0.3) is 0 Å². The molecule has 4 saturated carbocycles. The summed E-state index contributed by atoms with van der Waals surface area (Å²) in [6, 6.07) is 0. The van der Waals surface area contributed by atoms with Crippen molar-refractivity contribution in [3.05, 3.63) is 12.2 Å². The van der Waals surface area contributed by atoms with Crippen LogP contribution in [-0.2, 0) is 0 Å². The lowest BCUT2D eigenvalue weighted by Crippen LogP contribution is -2.62. The van der Waals surface area contributed by atoms with E-state index in [0.29, 0.717) is 17.8 Å². The zero-order valence-electron chi connectivity index (χ0n) is 14.2. The van der Waals surface area contributed by atoms with Gasteiger partial charge in [-0.15, -0.1) is 0 Å². The normalized spacial score (nSPS) is 57.9. The van der Waals surface area contributed by atoms with E-state index in [4.69, 9.17) is 0 Å². The smallest absolute Gasteiger partial charge is 0.0835 e. The number of aliphatic hydroxyl groups is 2. The van der Waals surface area contributed by atoms with E-state index < -0.39 is 12.2 Å². The standard InChI is InChI=1S/C20H32O2/c1-12-7-8-13-16-14(9-11-19(12,13)2)20(3)10-5-4-6-15(20)17(21)18(16)22/h13-18,21-22H,1,4-11H2,2-3H3/t13?,14?,15?,16?,17-,18-,19?,20-/m1/s1. The van der Waals surface area contributed by atoms with Crippen molar-refractivity contribution in [1.82, 2.24) is 0 Å². The Morgan fingerprint density at radius 3 is 2.45 bits per heavy atom. The van der Waals surface area contributed by atoms with Crippen LogP contribution in [0.3, 0.4) is 0 Å². The molecular weight excluding hydrogens is 272 g/mol. The summed E-state index contributed by atoms with van der Waals surface area (Å²) >= 11 is 0. The van der Waals surface area contributed by atoms with Crippen LogP contribution >= 0.6 is 0 Å². The largest absolute Gasteiger partial charge is 0.390 e.